The van der Waals surface area contributed by atoms with E-state index in [1.165, 1.54) is 5.69 Å². The summed E-state index contributed by atoms with van der Waals surface area (Å²) < 4.78 is 10.8. The molecule has 2 aromatic rings. The molecule has 0 aliphatic carbocycles. The van der Waals surface area contributed by atoms with Gasteiger partial charge >= 0.3 is 0 Å². The first kappa shape index (κ1) is 15.0. The van der Waals surface area contributed by atoms with E-state index in [1.807, 2.05) is 50.5 Å². The maximum atomic E-state index is 5.70. The highest BCUT2D eigenvalue weighted by Crippen LogP contribution is 2.23. The molecule has 0 unspecified atom stereocenters. The maximum Gasteiger partial charge on any atom is 0.119 e. The number of hydrogen-bond donors (Lipinski definition) is 1. The number of para-hydroxylation sites is 2. The number of hydrogen-bond acceptors (Lipinski definition) is 4. The second-order valence-electron chi connectivity index (χ2n) is 4.86. The van der Waals surface area contributed by atoms with Crippen LogP contribution in [-0.2, 0) is 0 Å². The molecule has 0 bridgehead atoms. The molecule has 0 atom stereocenters. The summed E-state index contributed by atoms with van der Waals surface area (Å²) >= 11 is 0. The zero-order valence-electron chi connectivity index (χ0n) is 12.8. The van der Waals surface area contributed by atoms with E-state index in [2.05, 4.69) is 22.3 Å². The lowest BCUT2D eigenvalue weighted by molar-refractivity contribution is 0.332. The van der Waals surface area contributed by atoms with Crippen LogP contribution in [0.25, 0.3) is 0 Å². The van der Waals surface area contributed by atoms with Crippen LogP contribution in [0.4, 0.5) is 11.4 Å². The van der Waals surface area contributed by atoms with Crippen molar-refractivity contribution in [1.29, 1.82) is 0 Å². The van der Waals surface area contributed by atoms with E-state index < -0.39 is 0 Å². The van der Waals surface area contributed by atoms with Crippen LogP contribution in [0.15, 0.2) is 48.5 Å². The van der Waals surface area contributed by atoms with Gasteiger partial charge in [-0.05, 0) is 36.4 Å². The van der Waals surface area contributed by atoms with Gasteiger partial charge in [0, 0.05) is 20.6 Å². The van der Waals surface area contributed by atoms with Gasteiger partial charge in [0.2, 0.25) is 0 Å². The molecule has 0 saturated heterocycles. The standard InChI is InChI=1S/C17H22N2O2/c1-19(2)17-7-5-4-6-16(17)18-12-13-21-15-10-8-14(20-3)9-11-15/h4-11,18H,12-13H2,1-3H3. The number of ether oxygens (including phenoxy) is 2. The van der Waals surface area contributed by atoms with Crippen LogP contribution in [0.1, 0.15) is 0 Å². The molecule has 21 heavy (non-hydrogen) atoms. The van der Waals surface area contributed by atoms with Gasteiger partial charge in [0.1, 0.15) is 18.1 Å². The van der Waals surface area contributed by atoms with Crippen LogP contribution in [-0.4, -0.2) is 34.4 Å². The van der Waals surface area contributed by atoms with Gasteiger partial charge in [0.25, 0.3) is 0 Å². The van der Waals surface area contributed by atoms with Crippen molar-refractivity contribution in [2.24, 2.45) is 0 Å². The maximum absolute atomic E-state index is 5.70. The molecule has 0 amide bonds. The molecule has 112 valence electrons. The summed E-state index contributed by atoms with van der Waals surface area (Å²) in [6.07, 6.45) is 0. The highest BCUT2D eigenvalue weighted by Gasteiger charge is 2.02. The first-order valence-electron chi connectivity index (χ1n) is 6.98. The zero-order chi connectivity index (χ0) is 15.1. The summed E-state index contributed by atoms with van der Waals surface area (Å²) in [5.41, 5.74) is 2.28. The van der Waals surface area contributed by atoms with Crippen LogP contribution in [0.2, 0.25) is 0 Å². The third-order valence-electron chi connectivity index (χ3n) is 3.13. The smallest absolute Gasteiger partial charge is 0.119 e. The van der Waals surface area contributed by atoms with Gasteiger partial charge in [-0.3, -0.25) is 0 Å². The van der Waals surface area contributed by atoms with E-state index >= 15 is 0 Å². The average molecular weight is 286 g/mol. The third-order valence-corrected chi connectivity index (χ3v) is 3.13. The molecule has 0 fully saturated rings. The molecule has 0 aliphatic rings. The number of benzene rings is 2. The van der Waals surface area contributed by atoms with Crippen LogP contribution in [0, 0.1) is 0 Å². The fraction of sp³-hybridized carbons (Fsp3) is 0.294. The van der Waals surface area contributed by atoms with Crippen molar-refractivity contribution in [3.05, 3.63) is 48.5 Å². The molecule has 2 rings (SSSR count). The van der Waals surface area contributed by atoms with Gasteiger partial charge in [-0.2, -0.15) is 0 Å². The fourth-order valence-corrected chi connectivity index (χ4v) is 2.04. The molecule has 0 saturated carbocycles. The molecule has 4 heteroatoms. The summed E-state index contributed by atoms with van der Waals surface area (Å²) in [5.74, 6) is 1.68. The normalized spacial score (nSPS) is 10.0. The number of methoxy groups -OCH3 is 1. The Morgan fingerprint density at radius 3 is 2.29 bits per heavy atom. The Balaban J connectivity index is 1.82. The zero-order valence-corrected chi connectivity index (χ0v) is 12.8. The number of nitrogens with one attached hydrogen (secondary N) is 1. The third kappa shape index (κ3) is 4.31. The van der Waals surface area contributed by atoms with E-state index in [1.54, 1.807) is 7.11 Å². The predicted octanol–water partition coefficient (Wildman–Crippen LogP) is 3.25. The van der Waals surface area contributed by atoms with Crippen molar-refractivity contribution < 1.29 is 9.47 Å². The first-order valence-corrected chi connectivity index (χ1v) is 6.98. The van der Waals surface area contributed by atoms with Gasteiger partial charge in [0.05, 0.1) is 18.5 Å². The van der Waals surface area contributed by atoms with E-state index in [0.29, 0.717) is 6.61 Å². The van der Waals surface area contributed by atoms with Gasteiger partial charge in [-0.15, -0.1) is 0 Å². The van der Waals surface area contributed by atoms with E-state index in [4.69, 9.17) is 9.47 Å². The van der Waals surface area contributed by atoms with E-state index in [9.17, 15) is 0 Å². The number of nitrogens with zero attached hydrogens (tertiary/aromatic N) is 1. The summed E-state index contributed by atoms with van der Waals surface area (Å²) in [6.45, 7) is 1.35. The van der Waals surface area contributed by atoms with Crippen molar-refractivity contribution in [3.63, 3.8) is 0 Å². The lowest BCUT2D eigenvalue weighted by Gasteiger charge is -2.18. The Bertz CT molecular complexity index is 553. The van der Waals surface area contributed by atoms with Crippen molar-refractivity contribution in [2.75, 3.05) is 44.6 Å². The summed E-state index contributed by atoms with van der Waals surface area (Å²) in [5, 5.41) is 3.40. The molecule has 0 radical (unpaired) electrons. The molecule has 0 aromatic heterocycles. The molecule has 2 aromatic carbocycles. The van der Waals surface area contributed by atoms with Crippen molar-refractivity contribution >= 4 is 11.4 Å². The van der Waals surface area contributed by atoms with Crippen molar-refractivity contribution in [2.45, 2.75) is 0 Å². The predicted molar refractivity (Wildman–Crippen MR) is 87.7 cm³/mol. The SMILES string of the molecule is COc1ccc(OCCNc2ccccc2N(C)C)cc1. The summed E-state index contributed by atoms with van der Waals surface area (Å²) in [7, 11) is 5.73. The Hall–Kier alpha value is -2.36. The largest absolute Gasteiger partial charge is 0.497 e. The van der Waals surface area contributed by atoms with Crippen LogP contribution in [0.3, 0.4) is 0 Å². The Morgan fingerprint density at radius 1 is 0.952 bits per heavy atom. The van der Waals surface area contributed by atoms with E-state index in [0.717, 1.165) is 23.7 Å². The topological polar surface area (TPSA) is 33.7 Å². The Kier molecular flexibility index (Phi) is 5.32. The number of anilines is 2. The van der Waals surface area contributed by atoms with Crippen LogP contribution in [0.5, 0.6) is 11.5 Å². The lowest BCUT2D eigenvalue weighted by Crippen LogP contribution is -2.15. The minimum atomic E-state index is 0.605. The van der Waals surface area contributed by atoms with Gasteiger partial charge in [0.15, 0.2) is 0 Å². The summed E-state index contributed by atoms with van der Waals surface area (Å²) in [6, 6.07) is 15.8. The fourth-order valence-electron chi connectivity index (χ4n) is 2.04. The monoisotopic (exact) mass is 286 g/mol. The molecule has 0 heterocycles. The number of rotatable bonds is 7. The molecule has 1 N–H and O–H groups in total. The second kappa shape index (κ2) is 7.43. The quantitative estimate of drug-likeness (QED) is 0.792. The first-order chi connectivity index (χ1) is 10.2. The van der Waals surface area contributed by atoms with Crippen LogP contribution < -0.4 is 19.7 Å². The molecule has 0 aliphatic heterocycles. The minimum Gasteiger partial charge on any atom is -0.497 e. The average Bonchev–Trinajstić information content (AvgIpc) is 2.52. The summed E-state index contributed by atoms with van der Waals surface area (Å²) in [4.78, 5) is 2.09. The van der Waals surface area contributed by atoms with Crippen LogP contribution >= 0.6 is 0 Å². The molecular formula is C17H22N2O2. The highest BCUT2D eigenvalue weighted by molar-refractivity contribution is 5.69. The molecule has 0 spiro atoms. The van der Waals surface area contributed by atoms with Gasteiger partial charge < -0.3 is 19.7 Å². The lowest BCUT2D eigenvalue weighted by atomic mass is 10.2. The molecular weight excluding hydrogens is 264 g/mol. The van der Waals surface area contributed by atoms with Crippen molar-refractivity contribution in [1.82, 2.24) is 0 Å². The van der Waals surface area contributed by atoms with Gasteiger partial charge in [-0.1, -0.05) is 12.1 Å². The Labute approximate surface area is 126 Å². The van der Waals surface area contributed by atoms with E-state index in [-0.39, 0.29) is 0 Å². The highest BCUT2D eigenvalue weighted by atomic mass is 16.5. The van der Waals surface area contributed by atoms with Crippen molar-refractivity contribution in [3.8, 4) is 11.5 Å². The molecule has 4 nitrogen and oxygen atoms in total. The minimum absolute atomic E-state index is 0.605. The van der Waals surface area contributed by atoms with Gasteiger partial charge in [-0.25, -0.2) is 0 Å². The second-order valence-corrected chi connectivity index (χ2v) is 4.86. The Morgan fingerprint density at radius 2 is 1.62 bits per heavy atom.